The molecular formula is C13H23NO5. The third kappa shape index (κ3) is 4.70. The van der Waals surface area contributed by atoms with Crippen molar-refractivity contribution in [3.05, 3.63) is 0 Å². The molecule has 0 saturated carbocycles. The van der Waals surface area contributed by atoms with Crippen LogP contribution in [0.2, 0.25) is 0 Å². The van der Waals surface area contributed by atoms with Gasteiger partial charge in [0.25, 0.3) is 0 Å². The molecule has 1 saturated heterocycles. The molecule has 0 radical (unpaired) electrons. The fourth-order valence-corrected chi connectivity index (χ4v) is 1.86. The highest BCUT2D eigenvalue weighted by molar-refractivity contribution is 5.70. The summed E-state index contributed by atoms with van der Waals surface area (Å²) in [6.45, 7) is 9.66. The van der Waals surface area contributed by atoms with Crippen LogP contribution in [0.25, 0.3) is 0 Å². The number of carboxylic acid groups (broad SMARTS) is 1. The zero-order valence-corrected chi connectivity index (χ0v) is 12.2. The van der Waals surface area contributed by atoms with Gasteiger partial charge in [0, 0.05) is 0 Å². The first kappa shape index (κ1) is 15.8. The van der Waals surface area contributed by atoms with Crippen molar-refractivity contribution in [2.75, 3.05) is 13.2 Å². The summed E-state index contributed by atoms with van der Waals surface area (Å²) in [5, 5.41) is 8.79. The third-order valence-corrected chi connectivity index (χ3v) is 2.81. The Labute approximate surface area is 113 Å². The van der Waals surface area contributed by atoms with Gasteiger partial charge in [0.1, 0.15) is 5.60 Å². The third-order valence-electron chi connectivity index (χ3n) is 2.81. The number of hydrogen-bond acceptors (Lipinski definition) is 4. The quantitative estimate of drug-likeness (QED) is 0.831. The van der Waals surface area contributed by atoms with Crippen molar-refractivity contribution in [2.24, 2.45) is 0 Å². The first-order chi connectivity index (χ1) is 8.51. The summed E-state index contributed by atoms with van der Waals surface area (Å²) in [4.78, 5) is 24.4. The maximum atomic E-state index is 12.2. The molecule has 6 nitrogen and oxygen atoms in total. The first-order valence-corrected chi connectivity index (χ1v) is 6.35. The Hall–Kier alpha value is -1.30. The summed E-state index contributed by atoms with van der Waals surface area (Å²) < 4.78 is 10.8. The van der Waals surface area contributed by atoms with Crippen LogP contribution in [0.3, 0.4) is 0 Å². The molecule has 0 unspecified atom stereocenters. The molecule has 0 aromatic heterocycles. The lowest BCUT2D eigenvalue weighted by Crippen LogP contribution is -2.59. The number of carbonyl (C=O) groups excluding carboxylic acids is 1. The number of hydrogen-bond donors (Lipinski definition) is 1. The minimum absolute atomic E-state index is 0.116. The van der Waals surface area contributed by atoms with Gasteiger partial charge >= 0.3 is 12.1 Å². The first-order valence-electron chi connectivity index (χ1n) is 6.35. The van der Waals surface area contributed by atoms with Crippen LogP contribution in [0.15, 0.2) is 0 Å². The van der Waals surface area contributed by atoms with E-state index >= 15 is 0 Å². The van der Waals surface area contributed by atoms with Crippen LogP contribution in [-0.2, 0) is 14.3 Å². The Balaban J connectivity index is 2.75. The fourth-order valence-electron chi connectivity index (χ4n) is 1.86. The molecule has 1 aliphatic heterocycles. The summed E-state index contributed by atoms with van der Waals surface area (Å²) in [6, 6.07) is 0. The monoisotopic (exact) mass is 273 g/mol. The highest BCUT2D eigenvalue weighted by atomic mass is 16.6. The number of carbonyl (C=O) groups is 2. The van der Waals surface area contributed by atoms with Crippen molar-refractivity contribution in [1.29, 1.82) is 0 Å². The average Bonchev–Trinajstić information content (AvgIpc) is 2.17. The fraction of sp³-hybridized carbons (Fsp3) is 0.846. The molecular weight excluding hydrogens is 250 g/mol. The Bertz CT molecular complexity index is 359. The van der Waals surface area contributed by atoms with E-state index in [4.69, 9.17) is 14.6 Å². The number of nitrogens with zero attached hydrogens (tertiary/aromatic N) is 1. The summed E-state index contributed by atoms with van der Waals surface area (Å²) >= 11 is 0. The standard InChI is InChI=1S/C13H23NO5/c1-12(2,3)19-11(17)14-7-9(6-10(15)16)18-8-13(14,4)5/h9H,6-8H2,1-5H3,(H,15,16)/t9-/m0/s1. The van der Waals surface area contributed by atoms with Gasteiger partial charge in [-0.3, -0.25) is 9.69 Å². The van der Waals surface area contributed by atoms with Gasteiger partial charge in [-0.2, -0.15) is 0 Å². The predicted octanol–water partition coefficient (Wildman–Crippen LogP) is 1.88. The second-order valence-electron chi connectivity index (χ2n) is 6.43. The van der Waals surface area contributed by atoms with Crippen molar-refractivity contribution >= 4 is 12.1 Å². The van der Waals surface area contributed by atoms with Crippen LogP contribution >= 0.6 is 0 Å². The summed E-state index contributed by atoms with van der Waals surface area (Å²) in [6.07, 6.45) is -1.04. The number of ether oxygens (including phenoxy) is 2. The van der Waals surface area contributed by atoms with E-state index in [0.29, 0.717) is 6.61 Å². The van der Waals surface area contributed by atoms with E-state index in [-0.39, 0.29) is 13.0 Å². The smallest absolute Gasteiger partial charge is 0.410 e. The van der Waals surface area contributed by atoms with E-state index in [1.807, 2.05) is 13.8 Å². The van der Waals surface area contributed by atoms with Crippen molar-refractivity contribution in [2.45, 2.75) is 58.3 Å². The molecule has 110 valence electrons. The Morgan fingerprint density at radius 3 is 2.47 bits per heavy atom. The second-order valence-corrected chi connectivity index (χ2v) is 6.43. The van der Waals surface area contributed by atoms with E-state index in [0.717, 1.165) is 0 Å². The van der Waals surface area contributed by atoms with Gasteiger partial charge in [-0.05, 0) is 34.6 Å². The lowest BCUT2D eigenvalue weighted by atomic mass is 10.0. The van der Waals surface area contributed by atoms with Crippen molar-refractivity contribution in [1.82, 2.24) is 4.90 Å². The second kappa shape index (κ2) is 5.36. The number of rotatable bonds is 2. The zero-order valence-electron chi connectivity index (χ0n) is 12.2. The molecule has 1 N–H and O–H groups in total. The Morgan fingerprint density at radius 1 is 1.42 bits per heavy atom. The van der Waals surface area contributed by atoms with Crippen LogP contribution in [0, 0.1) is 0 Å². The van der Waals surface area contributed by atoms with Gasteiger partial charge in [0.05, 0.1) is 31.2 Å². The van der Waals surface area contributed by atoms with E-state index < -0.39 is 29.3 Å². The lowest BCUT2D eigenvalue weighted by molar-refractivity contribution is -0.146. The molecule has 0 bridgehead atoms. The molecule has 0 aromatic carbocycles. The molecule has 0 spiro atoms. The molecule has 19 heavy (non-hydrogen) atoms. The van der Waals surface area contributed by atoms with Gasteiger partial charge in [-0.15, -0.1) is 0 Å². The Morgan fingerprint density at radius 2 is 2.00 bits per heavy atom. The molecule has 1 amide bonds. The van der Waals surface area contributed by atoms with E-state index in [9.17, 15) is 9.59 Å². The summed E-state index contributed by atoms with van der Waals surface area (Å²) in [5.74, 6) is -0.936. The maximum absolute atomic E-state index is 12.2. The van der Waals surface area contributed by atoms with Gasteiger partial charge in [-0.1, -0.05) is 0 Å². The average molecular weight is 273 g/mol. The van der Waals surface area contributed by atoms with Crippen molar-refractivity contribution < 1.29 is 24.2 Å². The van der Waals surface area contributed by atoms with Crippen molar-refractivity contribution in [3.8, 4) is 0 Å². The molecule has 1 atom stereocenters. The van der Waals surface area contributed by atoms with Crippen LogP contribution < -0.4 is 0 Å². The van der Waals surface area contributed by atoms with E-state index in [1.54, 1.807) is 25.7 Å². The van der Waals surface area contributed by atoms with E-state index in [1.165, 1.54) is 0 Å². The molecule has 0 aliphatic carbocycles. The maximum Gasteiger partial charge on any atom is 0.410 e. The highest BCUT2D eigenvalue weighted by Gasteiger charge is 2.40. The molecule has 1 aliphatic rings. The predicted molar refractivity (Wildman–Crippen MR) is 69.0 cm³/mol. The molecule has 1 fully saturated rings. The normalized spacial score (nSPS) is 23.0. The molecule has 1 rings (SSSR count). The number of amides is 1. The number of aliphatic carboxylic acids is 1. The van der Waals surface area contributed by atoms with Crippen LogP contribution in [-0.4, -0.2) is 52.5 Å². The van der Waals surface area contributed by atoms with Crippen molar-refractivity contribution in [3.63, 3.8) is 0 Å². The minimum Gasteiger partial charge on any atom is -0.481 e. The molecule has 0 aromatic rings. The SMILES string of the molecule is CC(C)(C)OC(=O)N1C[C@H](CC(=O)O)OCC1(C)C. The van der Waals surface area contributed by atoms with Gasteiger partial charge in [0.2, 0.25) is 0 Å². The van der Waals surface area contributed by atoms with Crippen LogP contribution in [0.4, 0.5) is 4.79 Å². The topological polar surface area (TPSA) is 76.1 Å². The van der Waals surface area contributed by atoms with E-state index in [2.05, 4.69) is 0 Å². The largest absolute Gasteiger partial charge is 0.481 e. The number of carboxylic acids is 1. The van der Waals surface area contributed by atoms with Crippen LogP contribution in [0.1, 0.15) is 41.0 Å². The summed E-state index contributed by atoms with van der Waals surface area (Å²) in [5.41, 5.74) is -1.08. The summed E-state index contributed by atoms with van der Waals surface area (Å²) in [7, 11) is 0. The Kier molecular flexibility index (Phi) is 4.45. The zero-order chi connectivity index (χ0) is 14.8. The molecule has 1 heterocycles. The minimum atomic E-state index is -0.936. The van der Waals surface area contributed by atoms with Gasteiger partial charge < -0.3 is 14.6 Å². The van der Waals surface area contributed by atoms with Crippen LogP contribution in [0.5, 0.6) is 0 Å². The number of morpholine rings is 1. The lowest BCUT2D eigenvalue weighted by Gasteiger charge is -2.45. The van der Waals surface area contributed by atoms with Gasteiger partial charge in [-0.25, -0.2) is 4.79 Å². The van der Waals surface area contributed by atoms with Gasteiger partial charge in [0.15, 0.2) is 0 Å². The highest BCUT2D eigenvalue weighted by Crippen LogP contribution is 2.25. The molecule has 6 heteroatoms.